The molecular formula is C18H21N5O3. The molecule has 0 unspecified atom stereocenters. The predicted octanol–water partition coefficient (Wildman–Crippen LogP) is 0.969. The molecule has 1 N–H and O–H groups in total. The van der Waals surface area contributed by atoms with Crippen molar-refractivity contribution >= 4 is 5.91 Å². The third-order valence-electron chi connectivity index (χ3n) is 5.07. The summed E-state index contributed by atoms with van der Waals surface area (Å²) >= 11 is 0. The fourth-order valence-electron chi connectivity index (χ4n) is 3.61. The van der Waals surface area contributed by atoms with Gasteiger partial charge < -0.3 is 14.6 Å². The summed E-state index contributed by atoms with van der Waals surface area (Å²) in [6.07, 6.45) is 7.14. The number of hydrogen-bond acceptors (Lipinski definition) is 6. The number of H-pyrrole nitrogens is 1. The molecule has 0 spiro atoms. The van der Waals surface area contributed by atoms with Crippen LogP contribution in [0.25, 0.3) is 11.5 Å². The number of likely N-dealkylation sites (tertiary alicyclic amines) is 1. The minimum Gasteiger partial charge on any atom is -0.381 e. The van der Waals surface area contributed by atoms with Gasteiger partial charge in [0.1, 0.15) is 5.69 Å². The molecule has 2 fully saturated rings. The van der Waals surface area contributed by atoms with E-state index in [-0.39, 0.29) is 23.3 Å². The molecule has 0 aromatic carbocycles. The third kappa shape index (κ3) is 3.50. The topological polar surface area (TPSA) is 101 Å². The van der Waals surface area contributed by atoms with Crippen LogP contribution in [0, 0.1) is 5.92 Å². The summed E-state index contributed by atoms with van der Waals surface area (Å²) in [4.78, 5) is 42.0. The van der Waals surface area contributed by atoms with Crippen molar-refractivity contribution in [2.24, 2.45) is 5.92 Å². The van der Waals surface area contributed by atoms with Crippen LogP contribution in [0.1, 0.15) is 30.9 Å². The predicted molar refractivity (Wildman–Crippen MR) is 93.4 cm³/mol. The minimum absolute atomic E-state index is 0.00695. The number of hydrogen-bond donors (Lipinski definition) is 1. The molecule has 8 nitrogen and oxygen atoms in total. The van der Waals surface area contributed by atoms with E-state index in [2.05, 4.69) is 19.9 Å². The fourth-order valence-corrected chi connectivity index (χ4v) is 3.61. The number of amides is 1. The number of carbonyl (C=O) groups excluding carboxylic acids is 1. The van der Waals surface area contributed by atoms with Crippen LogP contribution in [0.2, 0.25) is 0 Å². The van der Waals surface area contributed by atoms with Crippen molar-refractivity contribution < 1.29 is 9.53 Å². The van der Waals surface area contributed by atoms with Gasteiger partial charge in [0.05, 0.1) is 24.4 Å². The first-order valence-electron chi connectivity index (χ1n) is 8.95. The second-order valence-electron chi connectivity index (χ2n) is 6.77. The summed E-state index contributed by atoms with van der Waals surface area (Å²) < 4.78 is 5.32. The van der Waals surface area contributed by atoms with Crippen molar-refractivity contribution in [1.29, 1.82) is 0 Å². The van der Waals surface area contributed by atoms with Gasteiger partial charge >= 0.3 is 0 Å². The second-order valence-corrected chi connectivity index (χ2v) is 6.77. The van der Waals surface area contributed by atoms with E-state index >= 15 is 0 Å². The molecule has 1 atom stereocenters. The molecule has 2 aromatic heterocycles. The quantitative estimate of drug-likeness (QED) is 0.880. The summed E-state index contributed by atoms with van der Waals surface area (Å²) in [6, 6.07) is 1.55. The van der Waals surface area contributed by atoms with E-state index in [1.165, 1.54) is 0 Å². The van der Waals surface area contributed by atoms with Gasteiger partial charge in [-0.15, -0.1) is 0 Å². The molecule has 4 rings (SSSR count). The third-order valence-corrected chi connectivity index (χ3v) is 5.07. The van der Waals surface area contributed by atoms with Crippen molar-refractivity contribution in [3.05, 3.63) is 40.7 Å². The van der Waals surface area contributed by atoms with E-state index < -0.39 is 0 Å². The molecule has 4 heterocycles. The van der Waals surface area contributed by atoms with E-state index in [0.29, 0.717) is 37.8 Å². The van der Waals surface area contributed by atoms with Gasteiger partial charge in [-0.25, -0.2) is 9.97 Å². The fraction of sp³-hybridized carbons (Fsp3) is 0.500. The second kappa shape index (κ2) is 7.33. The van der Waals surface area contributed by atoms with Crippen LogP contribution in [0.3, 0.4) is 0 Å². The Morgan fingerprint density at radius 2 is 2.08 bits per heavy atom. The lowest BCUT2D eigenvalue weighted by Gasteiger charge is -2.33. The highest BCUT2D eigenvalue weighted by Crippen LogP contribution is 2.28. The number of piperidine rings is 1. The van der Waals surface area contributed by atoms with E-state index in [1.54, 1.807) is 24.7 Å². The van der Waals surface area contributed by atoms with Gasteiger partial charge in [-0.05, 0) is 19.3 Å². The highest BCUT2D eigenvalue weighted by atomic mass is 16.5. The zero-order valence-corrected chi connectivity index (χ0v) is 14.4. The highest BCUT2D eigenvalue weighted by Gasteiger charge is 2.31. The normalized spacial score (nSPS) is 21.1. The summed E-state index contributed by atoms with van der Waals surface area (Å²) in [5.41, 5.74) is 1.10. The molecular weight excluding hydrogens is 334 g/mol. The molecule has 2 saturated heterocycles. The Morgan fingerprint density at radius 1 is 1.23 bits per heavy atom. The monoisotopic (exact) mass is 355 g/mol. The number of rotatable bonds is 3. The first-order valence-corrected chi connectivity index (χ1v) is 8.95. The number of ether oxygens (including phenoxy) is 1. The van der Waals surface area contributed by atoms with Gasteiger partial charge in [-0.1, -0.05) is 0 Å². The van der Waals surface area contributed by atoms with E-state index in [1.807, 2.05) is 4.90 Å². The smallest absolute Gasteiger partial charge is 0.251 e. The average Bonchev–Trinajstić information content (AvgIpc) is 3.22. The molecule has 1 amide bonds. The first kappa shape index (κ1) is 16.8. The molecule has 0 bridgehead atoms. The summed E-state index contributed by atoms with van der Waals surface area (Å²) in [5.74, 6) is 0.798. The minimum atomic E-state index is -0.197. The Balaban J connectivity index is 1.47. The van der Waals surface area contributed by atoms with Gasteiger partial charge in [0.25, 0.3) is 5.56 Å². The summed E-state index contributed by atoms with van der Waals surface area (Å²) in [5, 5.41) is 0. The Morgan fingerprint density at radius 3 is 2.77 bits per heavy atom. The highest BCUT2D eigenvalue weighted by molar-refractivity contribution is 5.79. The molecule has 0 saturated carbocycles. The van der Waals surface area contributed by atoms with Crippen LogP contribution in [0.15, 0.2) is 29.5 Å². The number of carbonyl (C=O) groups is 1. The van der Waals surface area contributed by atoms with Crippen LogP contribution < -0.4 is 5.56 Å². The molecule has 0 radical (unpaired) electrons. The SMILES string of the molecule is O=C([C@@H]1CCOC1)N1CCC(c2cc(=O)[nH]c(-c3cnccn3)n2)CC1. The lowest BCUT2D eigenvalue weighted by atomic mass is 9.92. The first-order chi connectivity index (χ1) is 12.7. The van der Waals surface area contributed by atoms with Crippen LogP contribution >= 0.6 is 0 Å². The summed E-state index contributed by atoms with van der Waals surface area (Å²) in [6.45, 7) is 2.59. The standard InChI is InChI=1S/C18H21N5O3/c24-16-9-14(21-17(22-16)15-10-19-4-5-20-15)12-1-6-23(7-2-12)18(25)13-3-8-26-11-13/h4-5,9-10,12-13H,1-3,6-8,11H2,(H,21,22,24)/t13-/m1/s1. The molecule has 26 heavy (non-hydrogen) atoms. The molecule has 2 aliphatic heterocycles. The van der Waals surface area contributed by atoms with Gasteiger partial charge in [-0.2, -0.15) is 0 Å². The lowest BCUT2D eigenvalue weighted by Crippen LogP contribution is -2.41. The van der Waals surface area contributed by atoms with E-state index in [9.17, 15) is 9.59 Å². The molecule has 2 aliphatic rings. The summed E-state index contributed by atoms with van der Waals surface area (Å²) in [7, 11) is 0. The molecule has 136 valence electrons. The van der Waals surface area contributed by atoms with Gasteiger partial charge in [0.2, 0.25) is 5.91 Å². The van der Waals surface area contributed by atoms with Crippen molar-refractivity contribution in [3.8, 4) is 11.5 Å². The zero-order chi connectivity index (χ0) is 17.9. The average molecular weight is 355 g/mol. The zero-order valence-electron chi connectivity index (χ0n) is 14.4. The Kier molecular flexibility index (Phi) is 4.75. The maximum absolute atomic E-state index is 12.5. The van der Waals surface area contributed by atoms with Crippen LogP contribution in [-0.4, -0.2) is 57.0 Å². The van der Waals surface area contributed by atoms with Crippen LogP contribution in [0.4, 0.5) is 0 Å². The molecule has 0 aliphatic carbocycles. The maximum atomic E-state index is 12.5. The Hall–Kier alpha value is -2.61. The maximum Gasteiger partial charge on any atom is 0.251 e. The largest absolute Gasteiger partial charge is 0.381 e. The van der Waals surface area contributed by atoms with Crippen molar-refractivity contribution in [3.63, 3.8) is 0 Å². The number of nitrogens with one attached hydrogen (secondary N) is 1. The van der Waals surface area contributed by atoms with Crippen LogP contribution in [0.5, 0.6) is 0 Å². The van der Waals surface area contributed by atoms with Gasteiger partial charge in [0.15, 0.2) is 5.82 Å². The van der Waals surface area contributed by atoms with Crippen molar-refractivity contribution in [2.45, 2.75) is 25.2 Å². The Labute approximate surface area is 150 Å². The number of aromatic nitrogens is 4. The van der Waals surface area contributed by atoms with Crippen molar-refractivity contribution in [1.82, 2.24) is 24.8 Å². The Bertz CT molecular complexity index is 824. The lowest BCUT2D eigenvalue weighted by molar-refractivity contribution is -0.136. The number of nitrogens with zero attached hydrogens (tertiary/aromatic N) is 4. The van der Waals surface area contributed by atoms with Gasteiger partial charge in [-0.3, -0.25) is 14.6 Å². The van der Waals surface area contributed by atoms with Crippen LogP contribution in [-0.2, 0) is 9.53 Å². The molecule has 2 aromatic rings. The van der Waals surface area contributed by atoms with E-state index in [4.69, 9.17) is 4.74 Å². The van der Waals surface area contributed by atoms with E-state index in [0.717, 1.165) is 25.0 Å². The number of aromatic amines is 1. The van der Waals surface area contributed by atoms with Gasteiger partial charge in [0, 0.05) is 44.1 Å². The molecule has 8 heteroatoms. The van der Waals surface area contributed by atoms with Crippen molar-refractivity contribution in [2.75, 3.05) is 26.3 Å².